The van der Waals surface area contributed by atoms with Crippen LogP contribution in [-0.2, 0) is 10.7 Å². The van der Waals surface area contributed by atoms with Crippen LogP contribution in [0.4, 0.5) is 40.1 Å². The number of aromatic nitrogens is 3. The molecule has 1 saturated carbocycles. The number of amides is 2. The second kappa shape index (κ2) is 10.7. The summed E-state index contributed by atoms with van der Waals surface area (Å²) in [5.74, 6) is -2.96. The van der Waals surface area contributed by atoms with Crippen LogP contribution in [0.1, 0.15) is 63.5 Å². The van der Waals surface area contributed by atoms with Gasteiger partial charge in [-0.05, 0) is 64.5 Å². The summed E-state index contributed by atoms with van der Waals surface area (Å²) < 4.78 is 49.1. The first-order valence-corrected chi connectivity index (χ1v) is 13.6. The molecule has 0 spiro atoms. The molecule has 0 radical (unpaired) electrons. The van der Waals surface area contributed by atoms with Gasteiger partial charge in [0.2, 0.25) is 0 Å². The van der Waals surface area contributed by atoms with Crippen LogP contribution < -0.4 is 10.2 Å². The fraction of sp³-hybridized carbons (Fsp3) is 0.500. The van der Waals surface area contributed by atoms with Gasteiger partial charge in [-0.15, -0.1) is 0 Å². The molecule has 2 amide bonds. The van der Waals surface area contributed by atoms with E-state index >= 15 is 0 Å². The van der Waals surface area contributed by atoms with E-state index < -0.39 is 35.9 Å². The number of nitrogens with zero attached hydrogens (tertiary/aromatic N) is 5. The molecule has 1 aliphatic carbocycles. The predicted octanol–water partition coefficient (Wildman–Crippen LogP) is 6.30. The number of fused-ring (bicyclic) bond motifs is 1. The van der Waals surface area contributed by atoms with Gasteiger partial charge in [0.15, 0.2) is 12.3 Å². The number of carboxylic acid groups (broad SMARTS) is 1. The molecule has 41 heavy (non-hydrogen) atoms. The van der Waals surface area contributed by atoms with Crippen molar-refractivity contribution in [3.63, 3.8) is 0 Å². The Bertz CT molecular complexity index is 1450. The maximum absolute atomic E-state index is 14.4. The van der Waals surface area contributed by atoms with Crippen LogP contribution in [-0.4, -0.2) is 68.2 Å². The number of halogens is 3. The molecule has 220 valence electrons. The molecular formula is C28H33F3N6O4. The number of alkyl halides is 3. The number of piperidine rings is 1. The summed E-state index contributed by atoms with van der Waals surface area (Å²) in [6.45, 7) is 3.84. The molecule has 5 rings (SSSR count). The van der Waals surface area contributed by atoms with E-state index in [9.17, 15) is 27.9 Å². The van der Waals surface area contributed by atoms with Gasteiger partial charge < -0.3 is 20.1 Å². The molecule has 3 aromatic rings. The molecule has 2 fully saturated rings. The van der Waals surface area contributed by atoms with E-state index in [4.69, 9.17) is 9.72 Å². The molecule has 3 heterocycles. The third-order valence-electron chi connectivity index (χ3n) is 7.04. The summed E-state index contributed by atoms with van der Waals surface area (Å²) in [4.78, 5) is 32.5. The normalized spacial score (nSPS) is 17.9. The first-order valence-electron chi connectivity index (χ1n) is 13.6. The molecule has 2 N–H and O–H groups in total. The van der Waals surface area contributed by atoms with Gasteiger partial charge in [0.25, 0.3) is 0 Å². The highest BCUT2D eigenvalue weighted by Gasteiger charge is 2.35. The third kappa shape index (κ3) is 6.18. The van der Waals surface area contributed by atoms with E-state index in [0.29, 0.717) is 30.9 Å². The van der Waals surface area contributed by atoms with Gasteiger partial charge in [0, 0.05) is 36.3 Å². The lowest BCUT2D eigenvalue weighted by Gasteiger charge is -2.32. The Morgan fingerprint density at radius 1 is 1.20 bits per heavy atom. The molecule has 1 saturated heterocycles. The Labute approximate surface area is 235 Å². The van der Waals surface area contributed by atoms with Crippen molar-refractivity contribution in [1.29, 1.82) is 0 Å². The zero-order valence-electron chi connectivity index (χ0n) is 23.1. The van der Waals surface area contributed by atoms with Crippen LogP contribution in [0.5, 0.6) is 0 Å². The van der Waals surface area contributed by atoms with Crippen LogP contribution in [0.3, 0.4) is 0 Å². The van der Waals surface area contributed by atoms with Gasteiger partial charge in [0.1, 0.15) is 17.2 Å². The molecule has 13 heteroatoms. The van der Waals surface area contributed by atoms with Crippen LogP contribution in [0, 0.1) is 0 Å². The lowest BCUT2D eigenvalue weighted by Crippen LogP contribution is -2.44. The highest BCUT2D eigenvalue weighted by atomic mass is 19.3. The van der Waals surface area contributed by atoms with E-state index in [1.807, 2.05) is 0 Å². The van der Waals surface area contributed by atoms with Crippen molar-refractivity contribution in [3.05, 3.63) is 47.7 Å². The van der Waals surface area contributed by atoms with Gasteiger partial charge >= 0.3 is 18.1 Å². The molecule has 2 aliphatic rings. The number of benzene rings is 1. The standard InChI is InChI=1S/C28H33F3N6O4/c1-27(2,3)41-26(40)36(20-8-4-6-18(12-20)28(30,31)16-29)23-13-22(33-19-7-5-11-35(15-19)25(38)39)34-24-21(17-9-10-17)14-32-37(23)24/h4,6,8,12-14,17,19H,5,7,9-11,15-16H2,1-3H3,(H,33,34)(H,38,39)/t19-/m0/s1. The van der Waals surface area contributed by atoms with E-state index in [1.54, 1.807) is 33.0 Å². The Balaban J connectivity index is 1.64. The minimum atomic E-state index is -3.75. The number of carbonyl (C=O) groups excluding carboxylic acids is 1. The monoisotopic (exact) mass is 574 g/mol. The molecular weight excluding hydrogens is 541 g/mol. The second-order valence-electron chi connectivity index (χ2n) is 11.5. The highest BCUT2D eigenvalue weighted by Crippen LogP contribution is 2.43. The number of carbonyl (C=O) groups is 2. The van der Waals surface area contributed by atoms with Crippen molar-refractivity contribution in [3.8, 4) is 0 Å². The average molecular weight is 575 g/mol. The van der Waals surface area contributed by atoms with Gasteiger partial charge in [-0.25, -0.2) is 23.9 Å². The number of likely N-dealkylation sites (tertiary alicyclic amines) is 1. The van der Waals surface area contributed by atoms with Crippen LogP contribution in [0.15, 0.2) is 36.5 Å². The summed E-state index contributed by atoms with van der Waals surface area (Å²) >= 11 is 0. The van der Waals surface area contributed by atoms with E-state index in [0.717, 1.165) is 35.4 Å². The lowest BCUT2D eigenvalue weighted by atomic mass is 10.1. The van der Waals surface area contributed by atoms with Crippen molar-refractivity contribution in [2.24, 2.45) is 0 Å². The van der Waals surface area contributed by atoms with Crippen LogP contribution in [0.2, 0.25) is 0 Å². The van der Waals surface area contributed by atoms with Crippen molar-refractivity contribution in [2.45, 2.75) is 69.9 Å². The Hall–Kier alpha value is -4.03. The van der Waals surface area contributed by atoms with Crippen molar-refractivity contribution in [1.82, 2.24) is 19.5 Å². The number of ether oxygens (including phenoxy) is 1. The molecule has 2 aromatic heterocycles. The van der Waals surface area contributed by atoms with E-state index in [-0.39, 0.29) is 30.0 Å². The summed E-state index contributed by atoms with van der Waals surface area (Å²) in [5, 5.41) is 17.3. The minimum Gasteiger partial charge on any atom is -0.465 e. The molecule has 1 aromatic carbocycles. The molecule has 10 nitrogen and oxygen atoms in total. The number of rotatable bonds is 7. The van der Waals surface area contributed by atoms with Crippen molar-refractivity contribution in [2.75, 3.05) is 30.0 Å². The molecule has 0 bridgehead atoms. The Morgan fingerprint density at radius 2 is 1.95 bits per heavy atom. The fourth-order valence-corrected chi connectivity index (χ4v) is 4.95. The smallest absolute Gasteiger partial charge is 0.420 e. The minimum absolute atomic E-state index is 0.0292. The van der Waals surface area contributed by atoms with Crippen molar-refractivity contribution >= 4 is 35.2 Å². The number of anilines is 3. The SMILES string of the molecule is CC(C)(C)OC(=O)N(c1cccc(C(F)(F)CF)c1)c1cc(N[C@H]2CCCN(C(=O)O)C2)nc2c(C3CC3)cnn12. The first-order chi connectivity index (χ1) is 19.4. The largest absolute Gasteiger partial charge is 0.465 e. The van der Waals surface area contributed by atoms with Gasteiger partial charge in [-0.2, -0.15) is 18.4 Å². The zero-order valence-corrected chi connectivity index (χ0v) is 23.1. The summed E-state index contributed by atoms with van der Waals surface area (Å²) in [6, 6.07) is 6.25. The maximum Gasteiger partial charge on any atom is 0.420 e. The zero-order chi connectivity index (χ0) is 29.5. The first kappa shape index (κ1) is 28.5. The van der Waals surface area contributed by atoms with Gasteiger partial charge in [0.05, 0.1) is 11.9 Å². The fourth-order valence-electron chi connectivity index (χ4n) is 4.95. The Kier molecular flexibility index (Phi) is 7.47. The molecule has 1 atom stereocenters. The predicted molar refractivity (Wildman–Crippen MR) is 146 cm³/mol. The van der Waals surface area contributed by atoms with Crippen LogP contribution >= 0.6 is 0 Å². The lowest BCUT2D eigenvalue weighted by molar-refractivity contribution is -0.0280. The van der Waals surface area contributed by atoms with Gasteiger partial charge in [-0.3, -0.25) is 0 Å². The highest BCUT2D eigenvalue weighted by molar-refractivity contribution is 5.96. The van der Waals surface area contributed by atoms with Crippen LogP contribution in [0.25, 0.3) is 5.65 Å². The third-order valence-corrected chi connectivity index (χ3v) is 7.04. The maximum atomic E-state index is 14.4. The summed E-state index contributed by atoms with van der Waals surface area (Å²) in [7, 11) is 0. The summed E-state index contributed by atoms with van der Waals surface area (Å²) in [5.41, 5.74) is -0.120. The number of nitrogens with one attached hydrogen (secondary N) is 1. The van der Waals surface area contributed by atoms with E-state index in [1.165, 1.54) is 21.5 Å². The van der Waals surface area contributed by atoms with Crippen molar-refractivity contribution < 1.29 is 32.6 Å². The molecule has 0 unspecified atom stereocenters. The second-order valence-corrected chi connectivity index (χ2v) is 11.5. The average Bonchev–Trinajstić information content (AvgIpc) is 3.67. The summed E-state index contributed by atoms with van der Waals surface area (Å²) in [6.07, 6.45) is 3.12. The van der Waals surface area contributed by atoms with Gasteiger partial charge in [-0.1, -0.05) is 12.1 Å². The Morgan fingerprint density at radius 3 is 2.61 bits per heavy atom. The quantitative estimate of drug-likeness (QED) is 0.341. The van der Waals surface area contributed by atoms with E-state index in [2.05, 4.69) is 10.4 Å². The number of hydrogen-bond acceptors (Lipinski definition) is 6. The topological polar surface area (TPSA) is 112 Å². The number of hydrogen-bond donors (Lipinski definition) is 2. The molecule has 1 aliphatic heterocycles.